The van der Waals surface area contributed by atoms with Gasteiger partial charge in [-0.15, -0.1) is 0 Å². The summed E-state index contributed by atoms with van der Waals surface area (Å²) < 4.78 is 17.6. The van der Waals surface area contributed by atoms with Crippen LogP contribution in [-0.2, 0) is 4.79 Å². The number of hydrogen-bond donors (Lipinski definition) is 2. The summed E-state index contributed by atoms with van der Waals surface area (Å²) in [6.45, 7) is 7.40. The van der Waals surface area contributed by atoms with Gasteiger partial charge in [0.1, 0.15) is 5.75 Å². The molecule has 0 fully saturated rings. The summed E-state index contributed by atoms with van der Waals surface area (Å²) in [6, 6.07) is 21.8. The minimum Gasteiger partial charge on any atom is -0.493 e. The molecular weight excluding hydrogens is 476 g/mol. The van der Waals surface area contributed by atoms with Gasteiger partial charge >= 0.3 is 0 Å². The van der Waals surface area contributed by atoms with Crippen molar-refractivity contribution in [3.8, 4) is 17.2 Å². The van der Waals surface area contributed by atoms with Crippen LogP contribution in [-0.4, -0.2) is 26.1 Å². The van der Waals surface area contributed by atoms with Crippen molar-refractivity contribution in [1.29, 1.82) is 0 Å². The van der Waals surface area contributed by atoms with E-state index in [1.54, 1.807) is 7.11 Å². The molecule has 0 radical (unpaired) electrons. The number of anilines is 2. The molecule has 1 heterocycles. The molecule has 0 saturated heterocycles. The fraction of sp³-hybridized carbons (Fsp3) is 0.344. The number of carbonyl (C=O) groups is 1. The van der Waals surface area contributed by atoms with Gasteiger partial charge in [0.15, 0.2) is 17.3 Å². The summed E-state index contributed by atoms with van der Waals surface area (Å²) in [5.41, 5.74) is 5.61. The van der Waals surface area contributed by atoms with Crippen LogP contribution in [0.3, 0.4) is 0 Å². The van der Waals surface area contributed by atoms with E-state index in [4.69, 9.17) is 14.2 Å². The Labute approximate surface area is 225 Å². The maximum Gasteiger partial charge on any atom is 0.166 e. The number of methoxy groups -OCH3 is 1. The van der Waals surface area contributed by atoms with E-state index >= 15 is 0 Å². The molecule has 5 rings (SSSR count). The molecular formula is C32H36N2O4. The van der Waals surface area contributed by atoms with Crippen LogP contribution in [0, 0.1) is 5.92 Å². The van der Waals surface area contributed by atoms with Crippen LogP contribution in [0.4, 0.5) is 11.4 Å². The Morgan fingerprint density at radius 2 is 1.68 bits per heavy atom. The summed E-state index contributed by atoms with van der Waals surface area (Å²) in [5.74, 6) is 2.84. The molecule has 0 bridgehead atoms. The molecule has 2 atom stereocenters. The molecule has 6 nitrogen and oxygen atoms in total. The molecule has 6 heteroatoms. The van der Waals surface area contributed by atoms with Gasteiger partial charge in [0.2, 0.25) is 0 Å². The number of ether oxygens (including phenoxy) is 3. The molecule has 198 valence electrons. The lowest BCUT2D eigenvalue weighted by atomic mass is 9.78. The van der Waals surface area contributed by atoms with Crippen LogP contribution in [0.5, 0.6) is 17.2 Å². The SMILES string of the molecule is CCOc1c(OC)cccc1C1Nc2ccccc2NC2=C1C(=O)CC(c1ccc(OCC(C)C)cc1)C2. The Kier molecular flexibility index (Phi) is 7.59. The van der Waals surface area contributed by atoms with E-state index in [0.717, 1.165) is 45.9 Å². The van der Waals surface area contributed by atoms with E-state index in [1.807, 2.05) is 61.5 Å². The van der Waals surface area contributed by atoms with E-state index in [1.165, 1.54) is 0 Å². The Morgan fingerprint density at radius 3 is 2.39 bits per heavy atom. The number of rotatable bonds is 8. The number of hydrogen-bond acceptors (Lipinski definition) is 6. The zero-order valence-corrected chi connectivity index (χ0v) is 22.5. The third-order valence-electron chi connectivity index (χ3n) is 7.07. The summed E-state index contributed by atoms with van der Waals surface area (Å²) in [7, 11) is 1.64. The van der Waals surface area contributed by atoms with Crippen LogP contribution >= 0.6 is 0 Å². The van der Waals surface area contributed by atoms with Crippen molar-refractivity contribution >= 4 is 17.2 Å². The van der Waals surface area contributed by atoms with Gasteiger partial charge in [0, 0.05) is 23.3 Å². The smallest absolute Gasteiger partial charge is 0.166 e. The van der Waals surface area contributed by atoms with Gasteiger partial charge in [-0.25, -0.2) is 0 Å². The van der Waals surface area contributed by atoms with Crippen LogP contribution < -0.4 is 24.8 Å². The van der Waals surface area contributed by atoms with Crippen molar-refractivity contribution in [3.05, 3.63) is 89.1 Å². The lowest BCUT2D eigenvalue weighted by molar-refractivity contribution is -0.116. The second-order valence-corrected chi connectivity index (χ2v) is 10.3. The van der Waals surface area contributed by atoms with Crippen molar-refractivity contribution in [1.82, 2.24) is 0 Å². The second kappa shape index (κ2) is 11.2. The third-order valence-corrected chi connectivity index (χ3v) is 7.07. The Hall–Kier alpha value is -3.93. The normalized spacial score (nSPS) is 18.6. The number of allylic oxidation sites excluding steroid dienone is 1. The molecule has 0 saturated carbocycles. The van der Waals surface area contributed by atoms with Crippen molar-refractivity contribution in [2.24, 2.45) is 5.92 Å². The van der Waals surface area contributed by atoms with Gasteiger partial charge < -0.3 is 24.8 Å². The molecule has 38 heavy (non-hydrogen) atoms. The third kappa shape index (κ3) is 5.21. The molecule has 2 N–H and O–H groups in total. The van der Waals surface area contributed by atoms with Crippen LogP contribution in [0.2, 0.25) is 0 Å². The molecule has 0 aromatic heterocycles. The number of ketones is 1. The van der Waals surface area contributed by atoms with Gasteiger partial charge in [0.05, 0.1) is 37.7 Å². The molecule has 2 aliphatic rings. The molecule has 2 unspecified atom stereocenters. The highest BCUT2D eigenvalue weighted by molar-refractivity contribution is 6.01. The molecule has 1 aliphatic carbocycles. The fourth-order valence-electron chi connectivity index (χ4n) is 5.28. The topological polar surface area (TPSA) is 68.8 Å². The molecule has 3 aromatic rings. The molecule has 0 spiro atoms. The highest BCUT2D eigenvalue weighted by Gasteiger charge is 2.37. The van der Waals surface area contributed by atoms with E-state index in [0.29, 0.717) is 37.1 Å². The first-order valence-corrected chi connectivity index (χ1v) is 13.4. The predicted molar refractivity (Wildman–Crippen MR) is 151 cm³/mol. The number of fused-ring (bicyclic) bond motifs is 1. The lowest BCUT2D eigenvalue weighted by Crippen LogP contribution is -2.27. The van der Waals surface area contributed by atoms with Gasteiger partial charge in [0.25, 0.3) is 0 Å². The minimum atomic E-state index is -0.377. The first-order chi connectivity index (χ1) is 18.5. The first kappa shape index (κ1) is 25.7. The highest BCUT2D eigenvalue weighted by Crippen LogP contribution is 2.47. The van der Waals surface area contributed by atoms with Crippen molar-refractivity contribution in [2.45, 2.75) is 45.6 Å². The maximum atomic E-state index is 13.9. The number of para-hydroxylation sites is 3. The van der Waals surface area contributed by atoms with Crippen molar-refractivity contribution in [2.75, 3.05) is 31.0 Å². The van der Waals surface area contributed by atoms with E-state index in [9.17, 15) is 4.79 Å². The van der Waals surface area contributed by atoms with Crippen molar-refractivity contribution in [3.63, 3.8) is 0 Å². The molecule has 1 aliphatic heterocycles. The van der Waals surface area contributed by atoms with Crippen LogP contribution in [0.15, 0.2) is 78.0 Å². The Morgan fingerprint density at radius 1 is 0.921 bits per heavy atom. The number of benzene rings is 3. The quantitative estimate of drug-likeness (QED) is 0.335. The maximum absolute atomic E-state index is 13.9. The second-order valence-electron chi connectivity index (χ2n) is 10.3. The summed E-state index contributed by atoms with van der Waals surface area (Å²) >= 11 is 0. The Bertz CT molecular complexity index is 1330. The largest absolute Gasteiger partial charge is 0.493 e. The van der Waals surface area contributed by atoms with E-state index in [2.05, 4.69) is 36.6 Å². The van der Waals surface area contributed by atoms with Gasteiger partial charge in [-0.1, -0.05) is 50.2 Å². The number of nitrogens with one attached hydrogen (secondary N) is 2. The monoisotopic (exact) mass is 512 g/mol. The average Bonchev–Trinajstić information content (AvgIpc) is 3.09. The van der Waals surface area contributed by atoms with E-state index in [-0.39, 0.29) is 17.7 Å². The first-order valence-electron chi connectivity index (χ1n) is 13.4. The Balaban J connectivity index is 1.54. The van der Waals surface area contributed by atoms with E-state index < -0.39 is 0 Å². The summed E-state index contributed by atoms with van der Waals surface area (Å²) in [5, 5.41) is 7.26. The van der Waals surface area contributed by atoms with Crippen LogP contribution in [0.1, 0.15) is 56.7 Å². The molecule has 3 aromatic carbocycles. The minimum absolute atomic E-state index is 0.0792. The standard InChI is InChI=1S/C32H36N2O4/c1-5-37-32-24(9-8-12-29(32)36-4)31-30-27(33-25-10-6-7-11-26(25)34-31)17-22(18-28(30)35)21-13-15-23(16-14-21)38-19-20(2)3/h6-16,20,22,31,33-34H,5,17-19H2,1-4H3. The van der Waals surface area contributed by atoms with Crippen molar-refractivity contribution < 1.29 is 19.0 Å². The zero-order chi connectivity index (χ0) is 26.6. The summed E-state index contributed by atoms with van der Waals surface area (Å²) in [6.07, 6.45) is 1.17. The highest BCUT2D eigenvalue weighted by atomic mass is 16.5. The predicted octanol–water partition coefficient (Wildman–Crippen LogP) is 7.11. The lowest BCUT2D eigenvalue weighted by Gasteiger charge is -2.31. The van der Waals surface area contributed by atoms with Gasteiger partial charge in [-0.05, 0) is 61.1 Å². The van der Waals surface area contributed by atoms with Gasteiger partial charge in [-0.2, -0.15) is 0 Å². The zero-order valence-electron chi connectivity index (χ0n) is 22.5. The summed E-state index contributed by atoms with van der Waals surface area (Å²) in [4.78, 5) is 13.9. The molecule has 0 amide bonds. The van der Waals surface area contributed by atoms with Gasteiger partial charge in [-0.3, -0.25) is 4.79 Å². The number of Topliss-reactive ketones (excluding diaryl/α,β-unsaturated/α-hetero) is 1. The number of carbonyl (C=O) groups excluding carboxylic acids is 1. The van der Waals surface area contributed by atoms with Crippen LogP contribution in [0.25, 0.3) is 0 Å². The average molecular weight is 513 g/mol. The fourth-order valence-corrected chi connectivity index (χ4v) is 5.28.